The highest BCUT2D eigenvalue weighted by Gasteiger charge is 2.16. The predicted molar refractivity (Wildman–Crippen MR) is 111 cm³/mol. The normalized spacial score (nSPS) is 11.8. The summed E-state index contributed by atoms with van der Waals surface area (Å²) >= 11 is 0. The van der Waals surface area contributed by atoms with Gasteiger partial charge in [0.05, 0.1) is 0 Å². The molecule has 0 spiro atoms. The van der Waals surface area contributed by atoms with E-state index < -0.39 is 5.91 Å². The Morgan fingerprint density at radius 2 is 1.77 bits per heavy atom. The molecule has 30 heavy (non-hydrogen) atoms. The van der Waals surface area contributed by atoms with Crippen LogP contribution in [0.5, 0.6) is 11.5 Å². The Morgan fingerprint density at radius 3 is 2.47 bits per heavy atom. The maximum Gasteiger partial charge on any atom is 0.248 e. The van der Waals surface area contributed by atoms with Crippen molar-refractivity contribution in [2.24, 2.45) is 5.73 Å². The van der Waals surface area contributed by atoms with E-state index in [1.807, 2.05) is 25.1 Å². The first-order chi connectivity index (χ1) is 14.5. The minimum atomic E-state index is -0.522. The van der Waals surface area contributed by atoms with Crippen molar-refractivity contribution < 1.29 is 23.9 Å². The van der Waals surface area contributed by atoms with Crippen LogP contribution in [0.25, 0.3) is 0 Å². The second-order valence-electron chi connectivity index (χ2n) is 6.90. The summed E-state index contributed by atoms with van der Waals surface area (Å²) in [6.07, 6.45) is 1.12. The Hall–Kier alpha value is -3.55. The molecule has 0 bridgehead atoms. The third-order valence-corrected chi connectivity index (χ3v) is 4.86. The van der Waals surface area contributed by atoms with E-state index in [9.17, 15) is 14.4 Å². The van der Waals surface area contributed by atoms with Gasteiger partial charge in [-0.05, 0) is 55.3 Å². The second-order valence-corrected chi connectivity index (χ2v) is 6.90. The lowest BCUT2D eigenvalue weighted by Crippen LogP contribution is -2.33. The Morgan fingerprint density at radius 1 is 1.03 bits per heavy atom. The van der Waals surface area contributed by atoms with Crippen LogP contribution in [0.2, 0.25) is 0 Å². The second kappa shape index (κ2) is 9.78. The van der Waals surface area contributed by atoms with Gasteiger partial charge in [-0.25, -0.2) is 0 Å². The van der Waals surface area contributed by atoms with E-state index in [0.717, 1.165) is 11.3 Å². The van der Waals surface area contributed by atoms with E-state index in [2.05, 4.69) is 5.32 Å². The number of carbonyl (C=O) groups excluding carboxylic acids is 3. The number of anilines is 1. The zero-order chi connectivity index (χ0) is 21.5. The fraction of sp³-hybridized carbons (Fsp3) is 0.318. The smallest absolute Gasteiger partial charge is 0.248 e. The molecule has 0 unspecified atom stereocenters. The first-order valence-electron chi connectivity index (χ1n) is 9.82. The Labute approximate surface area is 174 Å². The standard InChI is InChI=1S/C22H25N3O5/c1-2-25(12-11-20(26)24-17-7-5-16(6-8-17)22(23)28)21(27)10-4-15-3-9-18-19(13-15)30-14-29-18/h3,5-9,13H,2,4,10-12,14H2,1H3,(H2,23,28)(H,24,26). The molecule has 3 rings (SSSR count). The van der Waals surface area contributed by atoms with Crippen LogP contribution < -0.4 is 20.5 Å². The number of nitrogens with one attached hydrogen (secondary N) is 1. The number of hydrogen-bond acceptors (Lipinski definition) is 5. The van der Waals surface area contributed by atoms with Crippen molar-refractivity contribution in [1.29, 1.82) is 0 Å². The number of nitrogens with two attached hydrogens (primary N) is 1. The van der Waals surface area contributed by atoms with Crippen LogP contribution in [0.4, 0.5) is 5.69 Å². The maximum atomic E-state index is 12.5. The van der Waals surface area contributed by atoms with Gasteiger partial charge in [-0.1, -0.05) is 6.07 Å². The number of fused-ring (bicyclic) bond motifs is 1. The minimum absolute atomic E-state index is 0.00576. The molecule has 0 aromatic heterocycles. The summed E-state index contributed by atoms with van der Waals surface area (Å²) in [5.74, 6) is 0.687. The molecule has 0 saturated carbocycles. The third kappa shape index (κ3) is 5.50. The van der Waals surface area contributed by atoms with Gasteiger partial charge in [0, 0.05) is 37.2 Å². The van der Waals surface area contributed by atoms with Crippen molar-refractivity contribution in [1.82, 2.24) is 4.90 Å². The van der Waals surface area contributed by atoms with Gasteiger partial charge in [-0.15, -0.1) is 0 Å². The monoisotopic (exact) mass is 411 g/mol. The van der Waals surface area contributed by atoms with Crippen molar-refractivity contribution in [2.75, 3.05) is 25.2 Å². The quantitative estimate of drug-likeness (QED) is 0.658. The fourth-order valence-corrected chi connectivity index (χ4v) is 3.14. The Kier molecular flexibility index (Phi) is 6.90. The van der Waals surface area contributed by atoms with Gasteiger partial charge in [0.25, 0.3) is 0 Å². The molecule has 2 aromatic carbocycles. The number of ether oxygens (including phenoxy) is 2. The summed E-state index contributed by atoms with van der Waals surface area (Å²) in [5, 5.41) is 2.75. The third-order valence-electron chi connectivity index (χ3n) is 4.86. The average Bonchev–Trinajstić information content (AvgIpc) is 3.21. The van der Waals surface area contributed by atoms with Crippen LogP contribution in [0.1, 0.15) is 35.7 Å². The Bertz CT molecular complexity index is 927. The molecule has 8 nitrogen and oxygen atoms in total. The highest BCUT2D eigenvalue weighted by molar-refractivity contribution is 5.94. The Balaban J connectivity index is 1.45. The molecular formula is C22H25N3O5. The molecule has 3 N–H and O–H groups in total. The summed E-state index contributed by atoms with van der Waals surface area (Å²) in [5.41, 5.74) is 7.15. The van der Waals surface area contributed by atoms with Crippen LogP contribution in [0.3, 0.4) is 0 Å². The molecule has 1 heterocycles. The van der Waals surface area contributed by atoms with Gasteiger partial charge in [-0.3, -0.25) is 14.4 Å². The zero-order valence-corrected chi connectivity index (χ0v) is 16.8. The molecule has 0 atom stereocenters. The number of benzene rings is 2. The van der Waals surface area contributed by atoms with E-state index in [1.54, 1.807) is 29.2 Å². The average molecular weight is 411 g/mol. The van der Waals surface area contributed by atoms with Gasteiger partial charge in [0.1, 0.15) is 0 Å². The molecule has 3 amide bonds. The van der Waals surface area contributed by atoms with Gasteiger partial charge in [0.15, 0.2) is 11.5 Å². The van der Waals surface area contributed by atoms with E-state index in [-0.39, 0.29) is 25.0 Å². The number of nitrogens with zero attached hydrogens (tertiary/aromatic N) is 1. The number of amides is 3. The van der Waals surface area contributed by atoms with E-state index in [1.165, 1.54) is 0 Å². The number of carbonyl (C=O) groups is 3. The van der Waals surface area contributed by atoms with Crippen molar-refractivity contribution in [3.63, 3.8) is 0 Å². The summed E-state index contributed by atoms with van der Waals surface area (Å²) < 4.78 is 10.7. The number of rotatable bonds is 9. The lowest BCUT2D eigenvalue weighted by molar-refractivity contribution is -0.131. The molecule has 1 aliphatic rings. The lowest BCUT2D eigenvalue weighted by atomic mass is 10.1. The first kappa shape index (κ1) is 21.2. The number of hydrogen-bond donors (Lipinski definition) is 2. The fourth-order valence-electron chi connectivity index (χ4n) is 3.14. The van der Waals surface area contributed by atoms with E-state index in [4.69, 9.17) is 15.2 Å². The largest absolute Gasteiger partial charge is 0.454 e. The van der Waals surface area contributed by atoms with Crippen molar-refractivity contribution >= 4 is 23.4 Å². The topological polar surface area (TPSA) is 111 Å². The van der Waals surface area contributed by atoms with Gasteiger partial charge < -0.3 is 25.4 Å². The molecule has 158 valence electrons. The van der Waals surface area contributed by atoms with Crippen LogP contribution in [0.15, 0.2) is 42.5 Å². The van der Waals surface area contributed by atoms with Crippen LogP contribution in [-0.2, 0) is 16.0 Å². The molecular weight excluding hydrogens is 386 g/mol. The summed E-state index contributed by atoms with van der Waals surface area (Å²) in [6.45, 7) is 2.97. The van der Waals surface area contributed by atoms with Crippen LogP contribution in [-0.4, -0.2) is 42.5 Å². The van der Waals surface area contributed by atoms with Crippen molar-refractivity contribution in [2.45, 2.75) is 26.2 Å². The van der Waals surface area contributed by atoms with Gasteiger partial charge in [-0.2, -0.15) is 0 Å². The van der Waals surface area contributed by atoms with Gasteiger partial charge in [0.2, 0.25) is 24.5 Å². The predicted octanol–water partition coefficient (Wildman–Crippen LogP) is 2.32. The maximum absolute atomic E-state index is 12.5. The lowest BCUT2D eigenvalue weighted by Gasteiger charge is -2.20. The van der Waals surface area contributed by atoms with E-state index in [0.29, 0.717) is 42.9 Å². The SMILES string of the molecule is CCN(CCC(=O)Nc1ccc(C(N)=O)cc1)C(=O)CCc1ccc2c(c1)OCO2. The van der Waals surface area contributed by atoms with E-state index >= 15 is 0 Å². The first-order valence-corrected chi connectivity index (χ1v) is 9.82. The summed E-state index contributed by atoms with van der Waals surface area (Å²) in [7, 11) is 0. The highest BCUT2D eigenvalue weighted by atomic mass is 16.7. The van der Waals surface area contributed by atoms with Gasteiger partial charge >= 0.3 is 0 Å². The summed E-state index contributed by atoms with van der Waals surface area (Å²) in [6, 6.07) is 12.0. The van der Waals surface area contributed by atoms with Crippen LogP contribution >= 0.6 is 0 Å². The molecule has 0 fully saturated rings. The van der Waals surface area contributed by atoms with Crippen LogP contribution in [0, 0.1) is 0 Å². The summed E-state index contributed by atoms with van der Waals surface area (Å²) in [4.78, 5) is 37.5. The minimum Gasteiger partial charge on any atom is -0.454 e. The van der Waals surface area contributed by atoms with Crippen molar-refractivity contribution in [3.05, 3.63) is 53.6 Å². The molecule has 0 saturated heterocycles. The number of primary amides is 1. The molecule has 1 aliphatic heterocycles. The molecule has 2 aromatic rings. The molecule has 0 aliphatic carbocycles. The zero-order valence-electron chi connectivity index (χ0n) is 16.8. The highest BCUT2D eigenvalue weighted by Crippen LogP contribution is 2.32. The molecule has 8 heteroatoms. The molecule has 0 radical (unpaired) electrons. The van der Waals surface area contributed by atoms with Crippen molar-refractivity contribution in [3.8, 4) is 11.5 Å². The number of aryl methyl sites for hydroxylation is 1.